The Balaban J connectivity index is 2.40. The van der Waals surface area contributed by atoms with E-state index in [0.717, 1.165) is 19.4 Å². The molecular formula is C17H28N2O2. The van der Waals surface area contributed by atoms with Crippen molar-refractivity contribution >= 4 is 11.7 Å². The Hall–Kier alpha value is -1.55. The van der Waals surface area contributed by atoms with Crippen LogP contribution in [0.3, 0.4) is 0 Å². The Bertz CT molecular complexity index is 434. The van der Waals surface area contributed by atoms with Crippen molar-refractivity contribution in [2.24, 2.45) is 0 Å². The highest BCUT2D eigenvalue weighted by Gasteiger charge is 2.32. The Kier molecular flexibility index (Phi) is 6.69. The third kappa shape index (κ3) is 5.76. The van der Waals surface area contributed by atoms with Crippen molar-refractivity contribution in [3.8, 4) is 0 Å². The molecule has 0 amide bonds. The molecule has 21 heavy (non-hydrogen) atoms. The summed E-state index contributed by atoms with van der Waals surface area (Å²) in [5, 5.41) is 12.6. The number of unbranched alkanes of at least 4 members (excludes halogenated alkanes) is 1. The summed E-state index contributed by atoms with van der Waals surface area (Å²) in [6.07, 6.45) is 2.51. The smallest absolute Gasteiger partial charge is 0.323 e. The quantitative estimate of drug-likeness (QED) is 0.687. The lowest BCUT2D eigenvalue weighted by atomic mass is 9.94. The predicted octanol–water partition coefficient (Wildman–Crippen LogP) is 3.13. The molecule has 1 unspecified atom stereocenters. The van der Waals surface area contributed by atoms with Gasteiger partial charge in [-0.2, -0.15) is 0 Å². The van der Waals surface area contributed by atoms with Gasteiger partial charge in [0.25, 0.3) is 0 Å². The molecule has 4 nitrogen and oxygen atoms in total. The first-order valence-corrected chi connectivity index (χ1v) is 7.62. The first-order valence-electron chi connectivity index (χ1n) is 7.62. The van der Waals surface area contributed by atoms with E-state index < -0.39 is 11.5 Å². The standard InChI is InChI=1S/C17H28N2O2/c1-14(2)18-17(3,16(20)21)12-8-9-13-19(4)15-10-6-5-7-11-15/h5-7,10-11,14,18H,8-9,12-13H2,1-4H3,(H,20,21). The van der Waals surface area contributed by atoms with Gasteiger partial charge in [-0.05, 0) is 52.2 Å². The van der Waals surface area contributed by atoms with Gasteiger partial charge in [-0.15, -0.1) is 0 Å². The highest BCUT2D eigenvalue weighted by atomic mass is 16.4. The monoisotopic (exact) mass is 292 g/mol. The van der Waals surface area contributed by atoms with Gasteiger partial charge in [-0.3, -0.25) is 10.1 Å². The van der Waals surface area contributed by atoms with Crippen molar-refractivity contribution in [1.29, 1.82) is 0 Å². The molecule has 0 aliphatic carbocycles. The van der Waals surface area contributed by atoms with E-state index in [4.69, 9.17) is 0 Å². The molecule has 0 aliphatic heterocycles. The molecule has 0 fully saturated rings. The van der Waals surface area contributed by atoms with Gasteiger partial charge < -0.3 is 10.0 Å². The molecule has 0 spiro atoms. The van der Waals surface area contributed by atoms with Crippen LogP contribution in [0.25, 0.3) is 0 Å². The van der Waals surface area contributed by atoms with Crippen LogP contribution in [0.2, 0.25) is 0 Å². The second kappa shape index (κ2) is 8.03. The summed E-state index contributed by atoms with van der Waals surface area (Å²) < 4.78 is 0. The average molecular weight is 292 g/mol. The molecule has 1 rings (SSSR count). The van der Waals surface area contributed by atoms with Crippen LogP contribution in [0.5, 0.6) is 0 Å². The minimum absolute atomic E-state index is 0.165. The van der Waals surface area contributed by atoms with Gasteiger partial charge >= 0.3 is 5.97 Å². The molecule has 1 aromatic rings. The van der Waals surface area contributed by atoms with E-state index >= 15 is 0 Å². The van der Waals surface area contributed by atoms with Crippen LogP contribution in [-0.2, 0) is 4.79 Å². The van der Waals surface area contributed by atoms with Crippen LogP contribution in [0.4, 0.5) is 5.69 Å². The number of aliphatic carboxylic acids is 1. The Morgan fingerprint density at radius 3 is 2.43 bits per heavy atom. The van der Waals surface area contributed by atoms with E-state index in [-0.39, 0.29) is 6.04 Å². The summed E-state index contributed by atoms with van der Waals surface area (Å²) in [5.41, 5.74) is 0.359. The van der Waals surface area contributed by atoms with Gasteiger partial charge in [0, 0.05) is 25.3 Å². The molecule has 118 valence electrons. The van der Waals surface area contributed by atoms with Crippen molar-refractivity contribution in [3.05, 3.63) is 30.3 Å². The number of anilines is 1. The third-order valence-electron chi connectivity index (χ3n) is 3.70. The number of rotatable bonds is 9. The molecule has 0 saturated heterocycles. The first kappa shape index (κ1) is 17.5. The number of nitrogens with one attached hydrogen (secondary N) is 1. The van der Waals surface area contributed by atoms with E-state index in [9.17, 15) is 9.90 Å². The van der Waals surface area contributed by atoms with Crippen LogP contribution in [0.15, 0.2) is 30.3 Å². The molecule has 0 aromatic heterocycles. The highest BCUT2D eigenvalue weighted by molar-refractivity contribution is 5.78. The second-order valence-corrected chi connectivity index (χ2v) is 6.15. The fourth-order valence-electron chi connectivity index (χ4n) is 2.52. The summed E-state index contributed by atoms with van der Waals surface area (Å²) in [6.45, 7) is 6.66. The largest absolute Gasteiger partial charge is 0.480 e. The molecule has 0 heterocycles. The molecule has 0 saturated carbocycles. The van der Waals surface area contributed by atoms with Crippen molar-refractivity contribution < 1.29 is 9.90 Å². The minimum Gasteiger partial charge on any atom is -0.480 e. The van der Waals surface area contributed by atoms with Crippen LogP contribution >= 0.6 is 0 Å². The SMILES string of the molecule is CC(C)NC(C)(CCCCN(C)c1ccccc1)C(=O)O. The highest BCUT2D eigenvalue weighted by Crippen LogP contribution is 2.17. The number of benzene rings is 1. The summed E-state index contributed by atoms with van der Waals surface area (Å²) in [5.74, 6) is -0.771. The fraction of sp³-hybridized carbons (Fsp3) is 0.588. The maximum Gasteiger partial charge on any atom is 0.323 e. The number of carboxylic acids is 1. The lowest BCUT2D eigenvalue weighted by Gasteiger charge is -2.29. The van der Waals surface area contributed by atoms with Gasteiger partial charge in [0.2, 0.25) is 0 Å². The van der Waals surface area contributed by atoms with Crippen molar-refractivity contribution in [3.63, 3.8) is 0 Å². The topological polar surface area (TPSA) is 52.6 Å². The van der Waals surface area contributed by atoms with Gasteiger partial charge in [0.05, 0.1) is 0 Å². The predicted molar refractivity (Wildman–Crippen MR) is 87.9 cm³/mol. The van der Waals surface area contributed by atoms with Gasteiger partial charge in [-0.1, -0.05) is 18.2 Å². The molecule has 1 atom stereocenters. The van der Waals surface area contributed by atoms with Crippen LogP contribution in [0.1, 0.15) is 40.0 Å². The molecule has 1 aromatic carbocycles. The minimum atomic E-state index is -0.834. The average Bonchev–Trinajstić information content (AvgIpc) is 2.43. The zero-order chi connectivity index (χ0) is 15.9. The van der Waals surface area contributed by atoms with E-state index in [1.807, 2.05) is 32.0 Å². The number of carboxylic acid groups (broad SMARTS) is 1. The Morgan fingerprint density at radius 1 is 1.29 bits per heavy atom. The first-order chi connectivity index (χ1) is 9.85. The molecule has 2 N–H and O–H groups in total. The van der Waals surface area contributed by atoms with E-state index in [1.165, 1.54) is 5.69 Å². The van der Waals surface area contributed by atoms with Crippen LogP contribution in [0, 0.1) is 0 Å². The van der Waals surface area contributed by atoms with Gasteiger partial charge in [-0.25, -0.2) is 0 Å². The maximum absolute atomic E-state index is 11.4. The lowest BCUT2D eigenvalue weighted by molar-refractivity contribution is -0.144. The number of carbonyl (C=O) groups is 1. The molecule has 0 aliphatic rings. The third-order valence-corrected chi connectivity index (χ3v) is 3.70. The number of para-hydroxylation sites is 1. The van der Waals surface area contributed by atoms with Gasteiger partial charge in [0.15, 0.2) is 0 Å². The van der Waals surface area contributed by atoms with Gasteiger partial charge in [0.1, 0.15) is 5.54 Å². The molecule has 0 radical (unpaired) electrons. The Labute approximate surface area is 128 Å². The number of hydrogen-bond donors (Lipinski definition) is 2. The van der Waals surface area contributed by atoms with Crippen molar-refractivity contribution in [2.45, 2.75) is 51.6 Å². The molecule has 0 bridgehead atoms. The van der Waals surface area contributed by atoms with E-state index in [2.05, 4.69) is 29.4 Å². The van der Waals surface area contributed by atoms with Crippen molar-refractivity contribution in [1.82, 2.24) is 5.32 Å². The van der Waals surface area contributed by atoms with Crippen LogP contribution in [-0.4, -0.2) is 36.2 Å². The lowest BCUT2D eigenvalue weighted by Crippen LogP contribution is -2.52. The normalized spacial score (nSPS) is 14.0. The zero-order valence-electron chi connectivity index (χ0n) is 13.6. The zero-order valence-corrected chi connectivity index (χ0v) is 13.6. The maximum atomic E-state index is 11.4. The van der Waals surface area contributed by atoms with E-state index in [0.29, 0.717) is 6.42 Å². The second-order valence-electron chi connectivity index (χ2n) is 6.15. The number of nitrogens with zero attached hydrogens (tertiary/aromatic N) is 1. The summed E-state index contributed by atoms with van der Waals surface area (Å²) in [6, 6.07) is 10.4. The Morgan fingerprint density at radius 2 is 1.90 bits per heavy atom. The summed E-state index contributed by atoms with van der Waals surface area (Å²) in [7, 11) is 2.07. The number of hydrogen-bond acceptors (Lipinski definition) is 3. The molecule has 4 heteroatoms. The fourth-order valence-corrected chi connectivity index (χ4v) is 2.52. The summed E-state index contributed by atoms with van der Waals surface area (Å²) in [4.78, 5) is 13.6. The molecular weight excluding hydrogens is 264 g/mol. The summed E-state index contributed by atoms with van der Waals surface area (Å²) >= 11 is 0. The van der Waals surface area contributed by atoms with E-state index in [1.54, 1.807) is 6.92 Å². The van der Waals surface area contributed by atoms with Crippen molar-refractivity contribution in [2.75, 3.05) is 18.5 Å². The van der Waals surface area contributed by atoms with Crippen LogP contribution < -0.4 is 10.2 Å².